The van der Waals surface area contributed by atoms with Gasteiger partial charge >= 0.3 is 13.7 Å². The fourth-order valence-electron chi connectivity index (χ4n) is 2.68. The number of halogens is 1. The van der Waals surface area contributed by atoms with Gasteiger partial charge in [-0.1, -0.05) is 50.2 Å². The molecule has 0 aliphatic rings. The van der Waals surface area contributed by atoms with Gasteiger partial charge in [-0.3, -0.25) is 9.32 Å². The zero-order valence-corrected chi connectivity index (χ0v) is 19.8. The van der Waals surface area contributed by atoms with E-state index in [0.717, 1.165) is 12.5 Å². The van der Waals surface area contributed by atoms with Crippen molar-refractivity contribution in [3.63, 3.8) is 0 Å². The van der Waals surface area contributed by atoms with E-state index in [2.05, 4.69) is 5.09 Å². The molecular formula is C22H31FNO7P. The molecule has 0 aliphatic carbocycles. The molecule has 0 saturated carbocycles. The van der Waals surface area contributed by atoms with Crippen LogP contribution in [0.4, 0.5) is 4.39 Å². The standard InChI is InChI=1S/C22H31FNO7P/c1-15(2)13-29-21(26)16(3)24-32(27,30-14-22(23,28-5)17(4)25)31-20-12-8-10-18-9-6-7-11-19(18)20/h6-12,15-17,25H,13-14H2,1-5H3,(H,24,27)/t16?,17-,22+,32?/m0/s1. The Kier molecular flexibility index (Phi) is 9.18. The van der Waals surface area contributed by atoms with E-state index in [1.807, 2.05) is 32.0 Å². The van der Waals surface area contributed by atoms with E-state index in [0.29, 0.717) is 5.39 Å². The van der Waals surface area contributed by atoms with Gasteiger partial charge in [0.1, 0.15) is 24.5 Å². The number of rotatable bonds is 12. The minimum absolute atomic E-state index is 0.112. The molecule has 2 aromatic rings. The number of carbonyl (C=O) groups is 1. The number of hydrogen-bond donors (Lipinski definition) is 2. The Bertz CT molecular complexity index is 950. The second-order valence-electron chi connectivity index (χ2n) is 7.88. The van der Waals surface area contributed by atoms with Crippen molar-refractivity contribution in [1.82, 2.24) is 5.09 Å². The molecule has 2 N–H and O–H groups in total. The van der Waals surface area contributed by atoms with Crippen LogP contribution in [0, 0.1) is 5.92 Å². The smallest absolute Gasteiger partial charge is 0.459 e. The van der Waals surface area contributed by atoms with E-state index in [4.69, 9.17) is 18.5 Å². The van der Waals surface area contributed by atoms with Crippen LogP contribution in [0.25, 0.3) is 10.8 Å². The van der Waals surface area contributed by atoms with Gasteiger partial charge in [-0.15, -0.1) is 0 Å². The molecule has 0 aromatic heterocycles. The zero-order valence-electron chi connectivity index (χ0n) is 18.9. The van der Waals surface area contributed by atoms with Crippen LogP contribution in [-0.2, 0) is 23.4 Å². The van der Waals surface area contributed by atoms with Crippen LogP contribution in [0.2, 0.25) is 0 Å². The SMILES string of the molecule is CO[C@](F)(COP(=O)(NC(C)C(=O)OCC(C)C)Oc1cccc2ccccc12)[C@H](C)O. The summed E-state index contributed by atoms with van der Waals surface area (Å²) in [5.74, 6) is -2.99. The molecule has 0 radical (unpaired) electrons. The third-order valence-corrected chi connectivity index (χ3v) is 6.24. The average molecular weight is 471 g/mol. The summed E-state index contributed by atoms with van der Waals surface area (Å²) in [5, 5.41) is 13.6. The monoisotopic (exact) mass is 471 g/mol. The highest BCUT2D eigenvalue weighted by Gasteiger charge is 2.41. The maximum atomic E-state index is 14.8. The number of hydrogen-bond acceptors (Lipinski definition) is 7. The van der Waals surface area contributed by atoms with Crippen LogP contribution in [-0.4, -0.2) is 49.4 Å². The van der Waals surface area contributed by atoms with Gasteiger partial charge < -0.3 is 19.1 Å². The summed E-state index contributed by atoms with van der Waals surface area (Å²) in [5.41, 5.74) is 0. The van der Waals surface area contributed by atoms with Crippen LogP contribution in [0.1, 0.15) is 27.7 Å². The maximum Gasteiger partial charge on any atom is 0.459 e. The highest BCUT2D eigenvalue weighted by Crippen LogP contribution is 2.47. The molecule has 2 aromatic carbocycles. The number of carbonyl (C=O) groups excluding carboxylic acids is 1. The molecule has 2 unspecified atom stereocenters. The first kappa shape index (κ1) is 26.2. The van der Waals surface area contributed by atoms with Gasteiger partial charge in [0.05, 0.1) is 6.61 Å². The zero-order chi connectivity index (χ0) is 23.9. The number of aliphatic hydroxyl groups is 1. The van der Waals surface area contributed by atoms with E-state index >= 15 is 0 Å². The van der Waals surface area contributed by atoms with Gasteiger partial charge in [-0.25, -0.2) is 8.96 Å². The van der Waals surface area contributed by atoms with Crippen molar-refractivity contribution in [1.29, 1.82) is 0 Å². The summed E-state index contributed by atoms with van der Waals surface area (Å²) < 4.78 is 49.2. The van der Waals surface area contributed by atoms with Gasteiger partial charge in [0, 0.05) is 12.5 Å². The summed E-state index contributed by atoms with van der Waals surface area (Å²) in [6.45, 7) is 5.63. The highest BCUT2D eigenvalue weighted by atomic mass is 31.2. The number of ether oxygens (including phenoxy) is 2. The van der Waals surface area contributed by atoms with Crippen LogP contribution < -0.4 is 9.61 Å². The normalized spacial score (nSPS) is 17.4. The van der Waals surface area contributed by atoms with Gasteiger partial charge in [-0.2, -0.15) is 5.09 Å². The predicted molar refractivity (Wildman–Crippen MR) is 119 cm³/mol. The lowest BCUT2D eigenvalue weighted by molar-refractivity contribution is -0.202. The van der Waals surface area contributed by atoms with Crippen molar-refractivity contribution in [2.45, 2.75) is 45.7 Å². The van der Waals surface area contributed by atoms with E-state index in [1.165, 1.54) is 13.8 Å². The molecule has 32 heavy (non-hydrogen) atoms. The molecule has 178 valence electrons. The Labute approximate surface area is 187 Å². The molecular weight excluding hydrogens is 440 g/mol. The number of esters is 1. The van der Waals surface area contributed by atoms with Gasteiger partial charge in [-0.05, 0) is 31.2 Å². The molecule has 10 heteroatoms. The fourth-order valence-corrected chi connectivity index (χ4v) is 4.21. The van der Waals surface area contributed by atoms with E-state index in [9.17, 15) is 18.9 Å². The Morgan fingerprint density at radius 2 is 1.81 bits per heavy atom. The Hall–Kier alpha value is -2.03. The lowest BCUT2D eigenvalue weighted by Crippen LogP contribution is -2.43. The molecule has 0 saturated heterocycles. The van der Waals surface area contributed by atoms with Gasteiger partial charge in [0.15, 0.2) is 0 Å². The minimum atomic E-state index is -4.33. The first-order valence-corrected chi connectivity index (χ1v) is 11.8. The lowest BCUT2D eigenvalue weighted by atomic mass is 10.1. The summed E-state index contributed by atoms with van der Waals surface area (Å²) in [7, 11) is -3.29. The number of alkyl halides is 1. The maximum absolute atomic E-state index is 14.8. The molecule has 0 bridgehead atoms. The van der Waals surface area contributed by atoms with E-state index < -0.39 is 38.3 Å². The third-order valence-electron chi connectivity index (χ3n) is 4.63. The molecule has 2 rings (SSSR count). The predicted octanol–water partition coefficient (Wildman–Crippen LogP) is 4.21. The van der Waals surface area contributed by atoms with Gasteiger partial charge in [0.25, 0.3) is 5.85 Å². The minimum Gasteiger partial charge on any atom is -0.464 e. The van der Waals surface area contributed by atoms with Crippen LogP contribution in [0.15, 0.2) is 42.5 Å². The van der Waals surface area contributed by atoms with Crippen molar-refractivity contribution >= 4 is 24.5 Å². The van der Waals surface area contributed by atoms with Crippen LogP contribution in [0.3, 0.4) is 0 Å². The van der Waals surface area contributed by atoms with Gasteiger partial charge in [0.2, 0.25) is 0 Å². The molecule has 0 spiro atoms. The quantitative estimate of drug-likeness (QED) is 0.351. The first-order chi connectivity index (χ1) is 15.0. The highest BCUT2D eigenvalue weighted by molar-refractivity contribution is 7.52. The second-order valence-corrected chi connectivity index (χ2v) is 9.57. The average Bonchev–Trinajstić information content (AvgIpc) is 2.75. The molecule has 4 atom stereocenters. The lowest BCUT2D eigenvalue weighted by Gasteiger charge is -2.29. The largest absolute Gasteiger partial charge is 0.464 e. The van der Waals surface area contributed by atoms with Crippen molar-refractivity contribution in [3.8, 4) is 5.75 Å². The Balaban J connectivity index is 2.31. The van der Waals surface area contributed by atoms with Crippen molar-refractivity contribution in [2.75, 3.05) is 20.3 Å². The summed E-state index contributed by atoms with van der Waals surface area (Å²) in [6.07, 6.45) is -1.58. The summed E-state index contributed by atoms with van der Waals surface area (Å²) in [6, 6.07) is 11.3. The molecule has 0 heterocycles. The van der Waals surface area contributed by atoms with Crippen LogP contribution >= 0.6 is 7.75 Å². The van der Waals surface area contributed by atoms with Crippen molar-refractivity contribution in [2.24, 2.45) is 5.92 Å². The Morgan fingerprint density at radius 1 is 1.16 bits per heavy atom. The van der Waals surface area contributed by atoms with E-state index in [-0.39, 0.29) is 18.3 Å². The van der Waals surface area contributed by atoms with Crippen LogP contribution in [0.5, 0.6) is 5.75 Å². The Morgan fingerprint density at radius 3 is 2.44 bits per heavy atom. The number of nitrogens with one attached hydrogen (secondary N) is 1. The number of fused-ring (bicyclic) bond motifs is 1. The number of aliphatic hydroxyl groups excluding tert-OH is 1. The van der Waals surface area contributed by atoms with Crippen molar-refractivity contribution in [3.05, 3.63) is 42.5 Å². The number of methoxy groups -OCH3 is 1. The fraction of sp³-hybridized carbons (Fsp3) is 0.500. The van der Waals surface area contributed by atoms with Crippen molar-refractivity contribution < 1.29 is 37.4 Å². The summed E-state index contributed by atoms with van der Waals surface area (Å²) >= 11 is 0. The molecule has 8 nitrogen and oxygen atoms in total. The summed E-state index contributed by atoms with van der Waals surface area (Å²) in [4.78, 5) is 12.3. The second kappa shape index (κ2) is 11.2. The number of benzene rings is 2. The van der Waals surface area contributed by atoms with E-state index in [1.54, 1.807) is 24.3 Å². The topological polar surface area (TPSA) is 103 Å². The third kappa shape index (κ3) is 6.98. The molecule has 0 amide bonds. The first-order valence-electron chi connectivity index (χ1n) is 10.3. The molecule has 0 fully saturated rings. The molecule has 0 aliphatic heterocycles.